The Labute approximate surface area is 221 Å². The van der Waals surface area contributed by atoms with Crippen LogP contribution >= 0.6 is 11.3 Å². The average Bonchev–Trinajstić information content (AvgIpc) is 3.36. The minimum absolute atomic E-state index is 0.0200. The van der Waals surface area contributed by atoms with Crippen LogP contribution in [0.4, 0.5) is 5.69 Å². The molecular weight excluding hydrogens is 486 g/mol. The lowest BCUT2D eigenvalue weighted by molar-refractivity contribution is -0.384. The van der Waals surface area contributed by atoms with Gasteiger partial charge in [-0.05, 0) is 46.0 Å². The molecule has 0 N–H and O–H groups in total. The number of carbonyl (C=O) groups is 2. The molecule has 0 spiro atoms. The number of amides is 2. The Bertz CT molecular complexity index is 1320. The Morgan fingerprint density at radius 1 is 1.19 bits per heavy atom. The molecule has 0 saturated carbocycles. The fourth-order valence-corrected chi connectivity index (χ4v) is 5.58. The van der Waals surface area contributed by atoms with Crippen LogP contribution in [0.15, 0.2) is 72.6 Å². The maximum atomic E-state index is 13.7. The quantitative estimate of drug-likeness (QED) is 0.227. The number of non-ortho nitro benzene ring substituents is 1. The van der Waals surface area contributed by atoms with Crippen molar-refractivity contribution >= 4 is 28.8 Å². The number of thiophene rings is 1. The van der Waals surface area contributed by atoms with Crippen molar-refractivity contribution in [1.29, 1.82) is 0 Å². The third-order valence-corrected chi connectivity index (χ3v) is 7.64. The van der Waals surface area contributed by atoms with E-state index in [0.717, 1.165) is 17.5 Å². The number of hydrogen-bond acceptors (Lipinski definition) is 5. The van der Waals surface area contributed by atoms with E-state index in [9.17, 15) is 19.7 Å². The molecule has 1 atom stereocenters. The summed E-state index contributed by atoms with van der Waals surface area (Å²) in [7, 11) is 0. The summed E-state index contributed by atoms with van der Waals surface area (Å²) in [5.41, 5.74) is 3.38. The molecule has 2 amide bonds. The van der Waals surface area contributed by atoms with Gasteiger partial charge in [-0.15, -0.1) is 17.9 Å². The second-order valence-corrected chi connectivity index (χ2v) is 11.2. The Morgan fingerprint density at radius 3 is 2.57 bits per heavy atom. The summed E-state index contributed by atoms with van der Waals surface area (Å²) >= 11 is 1.70. The molecule has 4 rings (SSSR count). The van der Waals surface area contributed by atoms with Gasteiger partial charge in [0.25, 0.3) is 11.6 Å². The molecule has 0 aliphatic carbocycles. The standard InChI is InChI=1S/C29H31N3O4S/c1-5-15-30(28(34)21-7-6-8-23(18-21)32(35)36)19-26(33)31-16-13-25-24(14-17-37-25)27(31)20-9-11-22(12-10-20)29(2,3)4/h5-12,14,17-18,27H,1,13,15-16,19H2,2-4H3. The van der Waals surface area contributed by atoms with Crippen LogP contribution in [-0.2, 0) is 16.6 Å². The van der Waals surface area contributed by atoms with Crippen molar-refractivity contribution in [3.63, 3.8) is 0 Å². The van der Waals surface area contributed by atoms with E-state index >= 15 is 0 Å². The predicted molar refractivity (Wildman–Crippen MR) is 146 cm³/mol. The lowest BCUT2D eigenvalue weighted by atomic mass is 9.85. The maximum absolute atomic E-state index is 13.7. The minimum atomic E-state index is -0.540. The molecule has 2 aromatic carbocycles. The van der Waals surface area contributed by atoms with Gasteiger partial charge in [0.05, 0.1) is 11.0 Å². The Balaban J connectivity index is 1.62. The normalized spacial score (nSPS) is 15.1. The van der Waals surface area contributed by atoms with E-state index in [-0.39, 0.29) is 41.7 Å². The first-order valence-corrected chi connectivity index (χ1v) is 13.1. The highest BCUT2D eigenvalue weighted by Crippen LogP contribution is 2.38. The third-order valence-electron chi connectivity index (χ3n) is 6.65. The van der Waals surface area contributed by atoms with E-state index in [0.29, 0.717) is 6.54 Å². The molecule has 192 valence electrons. The molecule has 37 heavy (non-hydrogen) atoms. The molecule has 1 aromatic heterocycles. The topological polar surface area (TPSA) is 83.8 Å². The number of hydrogen-bond donors (Lipinski definition) is 0. The van der Waals surface area contributed by atoms with Crippen LogP contribution in [0.5, 0.6) is 0 Å². The minimum Gasteiger partial charge on any atom is -0.330 e. The summed E-state index contributed by atoms with van der Waals surface area (Å²) < 4.78 is 0. The Hall–Kier alpha value is -3.78. The lowest BCUT2D eigenvalue weighted by Gasteiger charge is -2.37. The molecule has 2 heterocycles. The summed E-state index contributed by atoms with van der Waals surface area (Å²) in [6.45, 7) is 10.8. The fraction of sp³-hybridized carbons (Fsp3) is 0.310. The molecule has 7 nitrogen and oxygen atoms in total. The molecule has 0 fully saturated rings. The van der Waals surface area contributed by atoms with Gasteiger partial charge in [-0.1, -0.05) is 57.2 Å². The Morgan fingerprint density at radius 2 is 1.92 bits per heavy atom. The molecule has 1 unspecified atom stereocenters. The first-order valence-electron chi connectivity index (χ1n) is 12.2. The monoisotopic (exact) mass is 517 g/mol. The zero-order valence-corrected chi connectivity index (χ0v) is 22.2. The van der Waals surface area contributed by atoms with Crippen molar-refractivity contribution in [2.45, 2.75) is 38.6 Å². The number of fused-ring (bicyclic) bond motifs is 1. The van der Waals surface area contributed by atoms with Crippen LogP contribution in [-0.4, -0.2) is 46.2 Å². The second kappa shape index (κ2) is 10.7. The van der Waals surface area contributed by atoms with Crippen LogP contribution in [0.25, 0.3) is 0 Å². The average molecular weight is 518 g/mol. The van der Waals surface area contributed by atoms with Crippen LogP contribution in [0, 0.1) is 10.1 Å². The zero-order chi connectivity index (χ0) is 26.7. The summed E-state index contributed by atoms with van der Waals surface area (Å²) in [5, 5.41) is 13.2. The number of nitro groups is 1. The van der Waals surface area contributed by atoms with Crippen molar-refractivity contribution in [3.8, 4) is 0 Å². The summed E-state index contributed by atoms with van der Waals surface area (Å²) in [5.74, 6) is -0.626. The van der Waals surface area contributed by atoms with E-state index in [1.54, 1.807) is 17.4 Å². The second-order valence-electron chi connectivity index (χ2n) is 10.2. The van der Waals surface area contributed by atoms with Gasteiger partial charge < -0.3 is 9.80 Å². The molecule has 1 aliphatic rings. The van der Waals surface area contributed by atoms with Crippen LogP contribution in [0.3, 0.4) is 0 Å². The van der Waals surface area contributed by atoms with Crippen molar-refractivity contribution < 1.29 is 14.5 Å². The molecule has 0 saturated heterocycles. The first kappa shape index (κ1) is 26.3. The van der Waals surface area contributed by atoms with E-state index in [4.69, 9.17) is 0 Å². The van der Waals surface area contributed by atoms with Crippen molar-refractivity contribution in [2.75, 3.05) is 19.6 Å². The van der Waals surface area contributed by atoms with Crippen LogP contribution < -0.4 is 0 Å². The van der Waals surface area contributed by atoms with Crippen molar-refractivity contribution in [1.82, 2.24) is 9.80 Å². The summed E-state index contributed by atoms with van der Waals surface area (Å²) in [6, 6.07) is 15.8. The van der Waals surface area contributed by atoms with Crippen molar-refractivity contribution in [3.05, 3.63) is 110 Å². The number of nitrogens with zero attached hydrogens (tertiary/aromatic N) is 3. The molecular formula is C29H31N3O4S. The highest BCUT2D eigenvalue weighted by Gasteiger charge is 2.34. The van der Waals surface area contributed by atoms with Gasteiger partial charge in [-0.25, -0.2) is 0 Å². The highest BCUT2D eigenvalue weighted by atomic mass is 32.1. The molecule has 3 aromatic rings. The zero-order valence-electron chi connectivity index (χ0n) is 21.3. The van der Waals surface area contributed by atoms with Gasteiger partial charge >= 0.3 is 0 Å². The molecule has 0 bridgehead atoms. The van der Waals surface area contributed by atoms with E-state index in [1.165, 1.54) is 39.6 Å². The fourth-order valence-electron chi connectivity index (χ4n) is 4.67. The van der Waals surface area contributed by atoms with E-state index in [1.807, 2.05) is 4.90 Å². The van der Waals surface area contributed by atoms with E-state index in [2.05, 4.69) is 63.1 Å². The van der Waals surface area contributed by atoms with Gasteiger partial charge in [0.1, 0.15) is 6.54 Å². The molecule has 8 heteroatoms. The highest BCUT2D eigenvalue weighted by molar-refractivity contribution is 7.10. The molecule has 0 radical (unpaired) electrons. The number of nitro benzene ring substituents is 1. The largest absolute Gasteiger partial charge is 0.330 e. The summed E-state index contributed by atoms with van der Waals surface area (Å²) in [4.78, 5) is 42.1. The number of carbonyl (C=O) groups excluding carboxylic acids is 2. The molecule has 1 aliphatic heterocycles. The van der Waals surface area contributed by atoms with Gasteiger partial charge in [0, 0.05) is 35.7 Å². The van der Waals surface area contributed by atoms with Gasteiger partial charge in [0.15, 0.2) is 0 Å². The van der Waals surface area contributed by atoms with Crippen molar-refractivity contribution in [2.24, 2.45) is 0 Å². The number of rotatable bonds is 7. The van der Waals surface area contributed by atoms with Gasteiger partial charge in [-0.3, -0.25) is 19.7 Å². The maximum Gasteiger partial charge on any atom is 0.270 e. The van der Waals surface area contributed by atoms with Gasteiger partial charge in [-0.2, -0.15) is 0 Å². The van der Waals surface area contributed by atoms with E-state index < -0.39 is 10.8 Å². The SMILES string of the molecule is C=CCN(CC(=O)N1CCc2sccc2C1c1ccc(C(C)(C)C)cc1)C(=O)c1cccc([N+](=O)[O-])c1. The Kier molecular flexibility index (Phi) is 7.59. The van der Waals surface area contributed by atoms with Gasteiger partial charge in [0.2, 0.25) is 5.91 Å². The third kappa shape index (κ3) is 5.64. The van der Waals surface area contributed by atoms with Crippen LogP contribution in [0.2, 0.25) is 0 Å². The summed E-state index contributed by atoms with van der Waals surface area (Å²) in [6.07, 6.45) is 2.31. The smallest absolute Gasteiger partial charge is 0.270 e. The lowest BCUT2D eigenvalue weighted by Crippen LogP contribution is -2.46. The van der Waals surface area contributed by atoms with Crippen LogP contribution in [0.1, 0.15) is 58.7 Å². The number of benzene rings is 2. The predicted octanol–water partition coefficient (Wildman–Crippen LogP) is 5.76. The first-order chi connectivity index (χ1) is 17.6.